The number of hydrogen-bond donors (Lipinski definition) is 1. The van der Waals surface area contributed by atoms with Gasteiger partial charge in [0.05, 0.1) is 5.69 Å². The zero-order valence-electron chi connectivity index (χ0n) is 19.3. The summed E-state index contributed by atoms with van der Waals surface area (Å²) in [5.74, 6) is 0.699. The standard InChI is InChI=1S/C25H30FN5O2/c1-25(2,3)28-14-15-33-24-27-13-12-21(30-24)23-29-22(17-4-6-18(26)7-5-17)16-31(23)19-8-10-20(32)11-9-19/h4-7,12-13,16,19,28H,8-11,14-15H2,1-3H3. The summed E-state index contributed by atoms with van der Waals surface area (Å²) in [6.45, 7) is 7.42. The number of aromatic nitrogens is 4. The number of nitrogens with zero attached hydrogens (tertiary/aromatic N) is 4. The van der Waals surface area contributed by atoms with Crippen molar-refractivity contribution in [2.24, 2.45) is 0 Å². The Labute approximate surface area is 193 Å². The molecule has 2 aromatic heterocycles. The van der Waals surface area contributed by atoms with Crippen molar-refractivity contribution in [1.82, 2.24) is 24.8 Å². The van der Waals surface area contributed by atoms with Gasteiger partial charge in [-0.2, -0.15) is 4.98 Å². The van der Waals surface area contributed by atoms with Crippen LogP contribution < -0.4 is 10.1 Å². The van der Waals surface area contributed by atoms with Gasteiger partial charge in [0.1, 0.15) is 23.9 Å². The summed E-state index contributed by atoms with van der Waals surface area (Å²) in [5.41, 5.74) is 2.21. The van der Waals surface area contributed by atoms with Crippen LogP contribution in [0.5, 0.6) is 6.01 Å². The van der Waals surface area contributed by atoms with Crippen LogP contribution in [0.3, 0.4) is 0 Å². The second-order valence-electron chi connectivity index (χ2n) is 9.38. The van der Waals surface area contributed by atoms with E-state index in [2.05, 4.69) is 40.6 Å². The number of ether oxygens (including phenoxy) is 1. The maximum Gasteiger partial charge on any atom is 0.317 e. The molecular formula is C25H30FN5O2. The highest BCUT2D eigenvalue weighted by atomic mass is 19.1. The lowest BCUT2D eigenvalue weighted by Crippen LogP contribution is -2.38. The highest BCUT2D eigenvalue weighted by Gasteiger charge is 2.25. The molecule has 1 N–H and O–H groups in total. The molecule has 4 rings (SSSR count). The summed E-state index contributed by atoms with van der Waals surface area (Å²) < 4.78 is 21.3. The highest BCUT2D eigenvalue weighted by Crippen LogP contribution is 2.33. The van der Waals surface area contributed by atoms with Gasteiger partial charge in [-0.05, 0) is 63.9 Å². The molecule has 1 aliphatic carbocycles. The predicted octanol–water partition coefficient (Wildman–Crippen LogP) is 4.60. The van der Waals surface area contributed by atoms with Gasteiger partial charge in [0.2, 0.25) is 0 Å². The lowest BCUT2D eigenvalue weighted by molar-refractivity contribution is -0.120. The van der Waals surface area contributed by atoms with E-state index >= 15 is 0 Å². The fraction of sp³-hybridized carbons (Fsp3) is 0.440. The van der Waals surface area contributed by atoms with Crippen molar-refractivity contribution in [1.29, 1.82) is 0 Å². The smallest absolute Gasteiger partial charge is 0.317 e. The van der Waals surface area contributed by atoms with Crippen LogP contribution in [0, 0.1) is 5.82 Å². The summed E-state index contributed by atoms with van der Waals surface area (Å²) >= 11 is 0. The predicted molar refractivity (Wildman–Crippen MR) is 124 cm³/mol. The van der Waals surface area contributed by atoms with Gasteiger partial charge < -0.3 is 14.6 Å². The van der Waals surface area contributed by atoms with E-state index in [9.17, 15) is 9.18 Å². The summed E-state index contributed by atoms with van der Waals surface area (Å²) in [5, 5.41) is 3.37. The van der Waals surface area contributed by atoms with Crippen LogP contribution >= 0.6 is 0 Å². The lowest BCUT2D eigenvalue weighted by Gasteiger charge is -2.24. The molecule has 0 bridgehead atoms. The van der Waals surface area contributed by atoms with Crippen molar-refractivity contribution < 1.29 is 13.9 Å². The number of carbonyl (C=O) groups excluding carboxylic acids is 1. The number of halogens is 1. The van der Waals surface area contributed by atoms with Gasteiger partial charge in [-0.15, -0.1) is 0 Å². The Morgan fingerprint density at radius 1 is 1.09 bits per heavy atom. The maximum atomic E-state index is 13.4. The molecule has 0 aliphatic heterocycles. The monoisotopic (exact) mass is 451 g/mol. The molecule has 1 aliphatic rings. The summed E-state index contributed by atoms with van der Waals surface area (Å²) in [4.78, 5) is 25.5. The number of imidazole rings is 1. The summed E-state index contributed by atoms with van der Waals surface area (Å²) in [7, 11) is 0. The normalized spacial score (nSPS) is 15.1. The van der Waals surface area contributed by atoms with E-state index in [1.54, 1.807) is 18.3 Å². The van der Waals surface area contributed by atoms with E-state index < -0.39 is 0 Å². The molecule has 7 nitrogen and oxygen atoms in total. The maximum absolute atomic E-state index is 13.4. The third-order valence-electron chi connectivity index (χ3n) is 5.63. The molecular weight excluding hydrogens is 421 g/mol. The Balaban J connectivity index is 1.61. The molecule has 0 amide bonds. The fourth-order valence-electron chi connectivity index (χ4n) is 3.93. The van der Waals surface area contributed by atoms with Crippen LogP contribution in [0.2, 0.25) is 0 Å². The van der Waals surface area contributed by atoms with Crippen molar-refractivity contribution in [2.45, 2.75) is 58.0 Å². The van der Waals surface area contributed by atoms with E-state index in [4.69, 9.17) is 9.72 Å². The second-order valence-corrected chi connectivity index (χ2v) is 9.38. The molecule has 0 saturated heterocycles. The quantitative estimate of drug-likeness (QED) is 0.529. The molecule has 174 valence electrons. The van der Waals surface area contributed by atoms with Crippen LogP contribution in [-0.4, -0.2) is 44.0 Å². The van der Waals surface area contributed by atoms with Crippen LogP contribution in [0.25, 0.3) is 22.8 Å². The van der Waals surface area contributed by atoms with Gasteiger partial charge in [0.25, 0.3) is 0 Å². The number of ketones is 1. The molecule has 2 heterocycles. The molecule has 3 aromatic rings. The van der Waals surface area contributed by atoms with Gasteiger partial charge in [0, 0.05) is 48.9 Å². The Hall–Kier alpha value is -3.13. The number of nitrogens with one attached hydrogen (secondary N) is 1. The zero-order chi connectivity index (χ0) is 23.4. The SMILES string of the molecule is CC(C)(C)NCCOc1nccc(-c2nc(-c3ccc(F)cc3)cn2C2CCC(=O)CC2)n1. The Morgan fingerprint density at radius 3 is 2.52 bits per heavy atom. The molecule has 1 fully saturated rings. The third kappa shape index (κ3) is 6.01. The minimum absolute atomic E-state index is 0.00888. The second kappa shape index (κ2) is 9.79. The molecule has 33 heavy (non-hydrogen) atoms. The number of hydrogen-bond acceptors (Lipinski definition) is 6. The first-order valence-corrected chi connectivity index (χ1v) is 11.4. The van der Waals surface area contributed by atoms with E-state index in [1.165, 1.54) is 12.1 Å². The molecule has 1 aromatic carbocycles. The van der Waals surface area contributed by atoms with E-state index in [-0.39, 0.29) is 17.4 Å². The van der Waals surface area contributed by atoms with Crippen molar-refractivity contribution in [3.63, 3.8) is 0 Å². The fourth-order valence-corrected chi connectivity index (χ4v) is 3.93. The topological polar surface area (TPSA) is 81.9 Å². The molecule has 1 saturated carbocycles. The van der Waals surface area contributed by atoms with Crippen molar-refractivity contribution in [3.8, 4) is 28.8 Å². The zero-order valence-corrected chi connectivity index (χ0v) is 19.3. The summed E-state index contributed by atoms with van der Waals surface area (Å²) in [6.07, 6.45) is 6.28. The number of rotatable bonds is 7. The van der Waals surface area contributed by atoms with Crippen LogP contribution in [-0.2, 0) is 4.79 Å². The average molecular weight is 452 g/mol. The van der Waals surface area contributed by atoms with Gasteiger partial charge in [-0.3, -0.25) is 4.79 Å². The van der Waals surface area contributed by atoms with Gasteiger partial charge in [-0.25, -0.2) is 14.4 Å². The van der Waals surface area contributed by atoms with Crippen LogP contribution in [0.15, 0.2) is 42.7 Å². The Kier molecular flexibility index (Phi) is 6.83. The van der Waals surface area contributed by atoms with Crippen molar-refractivity contribution >= 4 is 5.78 Å². The van der Waals surface area contributed by atoms with Gasteiger partial charge in [0.15, 0.2) is 5.82 Å². The first kappa shape index (κ1) is 23.0. The molecule has 8 heteroatoms. The minimum Gasteiger partial charge on any atom is -0.462 e. The summed E-state index contributed by atoms with van der Waals surface area (Å²) in [6, 6.07) is 8.53. The third-order valence-corrected chi connectivity index (χ3v) is 5.63. The van der Waals surface area contributed by atoms with Gasteiger partial charge >= 0.3 is 6.01 Å². The number of benzene rings is 1. The van der Waals surface area contributed by atoms with E-state index in [0.29, 0.717) is 49.3 Å². The van der Waals surface area contributed by atoms with Gasteiger partial charge in [-0.1, -0.05) is 0 Å². The largest absolute Gasteiger partial charge is 0.462 e. The minimum atomic E-state index is -0.289. The lowest BCUT2D eigenvalue weighted by atomic mass is 9.94. The van der Waals surface area contributed by atoms with Crippen molar-refractivity contribution in [3.05, 3.63) is 48.5 Å². The van der Waals surface area contributed by atoms with E-state index in [0.717, 1.165) is 24.1 Å². The molecule has 0 unspecified atom stereocenters. The van der Waals surface area contributed by atoms with Crippen molar-refractivity contribution in [2.75, 3.05) is 13.2 Å². The average Bonchev–Trinajstić information content (AvgIpc) is 3.23. The van der Waals surface area contributed by atoms with Crippen LogP contribution in [0.4, 0.5) is 4.39 Å². The number of Topliss-reactive ketones (excluding diaryl/α,β-unsaturated/α-hetero) is 1. The molecule has 0 atom stereocenters. The molecule has 0 spiro atoms. The number of carbonyl (C=O) groups is 1. The Bertz CT molecular complexity index is 1090. The molecule has 0 radical (unpaired) electrons. The first-order valence-electron chi connectivity index (χ1n) is 11.4. The highest BCUT2D eigenvalue weighted by molar-refractivity contribution is 5.79. The first-order chi connectivity index (χ1) is 15.8. The van der Waals surface area contributed by atoms with E-state index in [1.807, 2.05) is 12.3 Å². The van der Waals surface area contributed by atoms with Crippen LogP contribution in [0.1, 0.15) is 52.5 Å². The Morgan fingerprint density at radius 2 is 1.82 bits per heavy atom.